The van der Waals surface area contributed by atoms with E-state index in [0.717, 1.165) is 26.3 Å². The van der Waals surface area contributed by atoms with Gasteiger partial charge in [0.1, 0.15) is 9.88 Å². The third-order valence-corrected chi connectivity index (χ3v) is 7.87. The number of aromatic nitrogens is 2. The summed E-state index contributed by atoms with van der Waals surface area (Å²) in [5.74, 6) is -0.296. The number of amides is 2. The molecule has 6 nitrogen and oxygen atoms in total. The molecule has 0 aliphatic carbocycles. The van der Waals surface area contributed by atoms with Gasteiger partial charge >= 0.3 is 0 Å². The van der Waals surface area contributed by atoms with Crippen LogP contribution < -0.4 is 10.2 Å². The molecule has 1 fully saturated rings. The van der Waals surface area contributed by atoms with Crippen LogP contribution in [0.4, 0.5) is 10.8 Å². The number of benzene rings is 2. The first-order chi connectivity index (χ1) is 15.0. The molecule has 1 unspecified atom stereocenters. The molecule has 2 amide bonds. The number of thiophene rings is 1. The minimum Gasteiger partial charge on any atom is -0.312 e. The van der Waals surface area contributed by atoms with Gasteiger partial charge in [0.25, 0.3) is 5.91 Å². The Morgan fingerprint density at radius 3 is 2.81 bits per heavy atom. The van der Waals surface area contributed by atoms with E-state index in [-0.39, 0.29) is 17.7 Å². The predicted octanol–water partition coefficient (Wildman–Crippen LogP) is 5.49. The number of fused-ring (bicyclic) bond motifs is 1. The predicted molar refractivity (Wildman–Crippen MR) is 126 cm³/mol. The molecule has 0 radical (unpaired) electrons. The number of halogens is 1. The molecule has 0 bridgehead atoms. The number of carbonyl (C=O) groups is 2. The van der Waals surface area contributed by atoms with Gasteiger partial charge in [0.05, 0.1) is 5.02 Å². The van der Waals surface area contributed by atoms with Crippen molar-refractivity contribution < 1.29 is 9.59 Å². The number of rotatable bonds is 4. The maximum atomic E-state index is 12.7. The molecule has 4 aromatic rings. The summed E-state index contributed by atoms with van der Waals surface area (Å²) in [5.41, 5.74) is 2.00. The Morgan fingerprint density at radius 2 is 2.00 bits per heavy atom. The van der Waals surface area contributed by atoms with Crippen LogP contribution in [-0.2, 0) is 4.79 Å². The van der Waals surface area contributed by atoms with Crippen LogP contribution in [0.25, 0.3) is 10.1 Å². The van der Waals surface area contributed by atoms with E-state index in [1.807, 2.05) is 55.5 Å². The third-order valence-electron chi connectivity index (χ3n) is 5.19. The van der Waals surface area contributed by atoms with Crippen molar-refractivity contribution in [2.45, 2.75) is 19.3 Å². The lowest BCUT2D eigenvalue weighted by molar-refractivity contribution is -0.117. The zero-order chi connectivity index (χ0) is 21.5. The van der Waals surface area contributed by atoms with Gasteiger partial charge in [-0.1, -0.05) is 53.3 Å². The standard InChI is InChI=1S/C22H17ClN4O2S2/c1-12-5-4-6-14(9-12)27-11-13(10-17(27)28)21-25-26-22(31-21)24-20(29)19-18(23)15-7-2-3-8-16(15)30-19/h2-9,13H,10-11H2,1H3,(H,24,26,29). The molecule has 2 aromatic heterocycles. The fourth-order valence-electron chi connectivity index (χ4n) is 3.68. The summed E-state index contributed by atoms with van der Waals surface area (Å²) in [6, 6.07) is 15.5. The van der Waals surface area contributed by atoms with Crippen molar-refractivity contribution in [3.05, 3.63) is 69.0 Å². The molecule has 2 aromatic carbocycles. The summed E-state index contributed by atoms with van der Waals surface area (Å²) in [4.78, 5) is 27.5. The Balaban J connectivity index is 1.31. The van der Waals surface area contributed by atoms with Crippen LogP contribution in [0.2, 0.25) is 5.02 Å². The maximum Gasteiger partial charge on any atom is 0.269 e. The summed E-state index contributed by atoms with van der Waals surface area (Å²) < 4.78 is 0.955. The van der Waals surface area contributed by atoms with E-state index in [1.54, 1.807) is 4.90 Å². The molecule has 1 aliphatic rings. The van der Waals surface area contributed by atoms with Gasteiger partial charge in [-0.15, -0.1) is 21.5 Å². The zero-order valence-electron chi connectivity index (χ0n) is 16.5. The summed E-state index contributed by atoms with van der Waals surface area (Å²) in [5, 5.41) is 13.6. The number of nitrogens with one attached hydrogen (secondary N) is 1. The van der Waals surface area contributed by atoms with Crippen molar-refractivity contribution in [3.63, 3.8) is 0 Å². The van der Waals surface area contributed by atoms with Gasteiger partial charge in [-0.2, -0.15) is 0 Å². The van der Waals surface area contributed by atoms with Crippen LogP contribution in [0.1, 0.15) is 32.6 Å². The van der Waals surface area contributed by atoms with E-state index in [9.17, 15) is 9.59 Å². The number of carbonyl (C=O) groups excluding carboxylic acids is 2. The second-order valence-electron chi connectivity index (χ2n) is 7.39. The Morgan fingerprint density at radius 1 is 1.16 bits per heavy atom. The molecular formula is C22H17ClN4O2S2. The van der Waals surface area contributed by atoms with E-state index in [4.69, 9.17) is 11.6 Å². The lowest BCUT2D eigenvalue weighted by atomic mass is 10.1. The van der Waals surface area contributed by atoms with Crippen LogP contribution >= 0.6 is 34.3 Å². The number of nitrogens with zero attached hydrogens (tertiary/aromatic N) is 3. The number of anilines is 2. The van der Waals surface area contributed by atoms with Gasteiger partial charge in [0.15, 0.2) is 0 Å². The van der Waals surface area contributed by atoms with Crippen LogP contribution in [0.15, 0.2) is 48.5 Å². The molecular weight excluding hydrogens is 452 g/mol. The number of hydrogen-bond donors (Lipinski definition) is 1. The smallest absolute Gasteiger partial charge is 0.269 e. The summed E-state index contributed by atoms with van der Waals surface area (Å²) in [6.07, 6.45) is 0.374. The Bertz CT molecular complexity index is 1320. The summed E-state index contributed by atoms with van der Waals surface area (Å²) >= 11 is 9.04. The molecule has 156 valence electrons. The molecule has 31 heavy (non-hydrogen) atoms. The molecule has 0 spiro atoms. The Hall–Kier alpha value is -2.81. The van der Waals surface area contributed by atoms with Crippen molar-refractivity contribution in [1.29, 1.82) is 0 Å². The number of hydrogen-bond acceptors (Lipinski definition) is 6. The minimum atomic E-state index is -0.308. The minimum absolute atomic E-state index is 0.0518. The highest BCUT2D eigenvalue weighted by molar-refractivity contribution is 7.22. The second kappa shape index (κ2) is 8.03. The topological polar surface area (TPSA) is 75.2 Å². The van der Waals surface area contributed by atoms with Crippen LogP contribution in [0.3, 0.4) is 0 Å². The van der Waals surface area contributed by atoms with Crippen molar-refractivity contribution in [2.24, 2.45) is 0 Å². The lowest BCUT2D eigenvalue weighted by Gasteiger charge is -2.16. The van der Waals surface area contributed by atoms with Crippen molar-refractivity contribution in [2.75, 3.05) is 16.8 Å². The van der Waals surface area contributed by atoms with Gasteiger partial charge in [0.2, 0.25) is 11.0 Å². The first-order valence-electron chi connectivity index (χ1n) is 9.68. The summed E-state index contributed by atoms with van der Waals surface area (Å²) in [7, 11) is 0. The van der Waals surface area contributed by atoms with Crippen LogP contribution in [0.5, 0.6) is 0 Å². The van der Waals surface area contributed by atoms with Crippen molar-refractivity contribution in [3.8, 4) is 0 Å². The van der Waals surface area contributed by atoms with Crippen molar-refractivity contribution >= 4 is 67.0 Å². The Labute approximate surface area is 191 Å². The van der Waals surface area contributed by atoms with Gasteiger partial charge in [-0.05, 0) is 30.7 Å². The second-order valence-corrected chi connectivity index (χ2v) is 9.82. The highest BCUT2D eigenvalue weighted by Gasteiger charge is 2.34. The van der Waals surface area contributed by atoms with E-state index in [1.165, 1.54) is 22.7 Å². The third kappa shape index (κ3) is 3.82. The van der Waals surface area contributed by atoms with Gasteiger partial charge in [-0.3, -0.25) is 14.9 Å². The Kier molecular flexibility index (Phi) is 5.21. The molecule has 1 atom stereocenters. The monoisotopic (exact) mass is 468 g/mol. The molecule has 1 aliphatic heterocycles. The van der Waals surface area contributed by atoms with Gasteiger partial charge in [0, 0.05) is 34.7 Å². The van der Waals surface area contributed by atoms with Crippen LogP contribution in [-0.4, -0.2) is 28.6 Å². The first kappa shape index (κ1) is 20.1. The average molecular weight is 469 g/mol. The van der Waals surface area contributed by atoms with Gasteiger partial charge < -0.3 is 4.90 Å². The maximum absolute atomic E-state index is 12.7. The van der Waals surface area contributed by atoms with Gasteiger partial charge in [-0.25, -0.2) is 0 Å². The van der Waals surface area contributed by atoms with E-state index >= 15 is 0 Å². The highest BCUT2D eigenvalue weighted by Crippen LogP contribution is 2.37. The molecule has 5 rings (SSSR count). The van der Waals surface area contributed by atoms with Crippen LogP contribution in [0, 0.1) is 6.92 Å². The molecule has 1 N–H and O–H groups in total. The van der Waals surface area contributed by atoms with Crippen molar-refractivity contribution in [1.82, 2.24) is 10.2 Å². The normalized spacial score (nSPS) is 16.3. The molecule has 1 saturated heterocycles. The lowest BCUT2D eigenvalue weighted by Crippen LogP contribution is -2.24. The highest BCUT2D eigenvalue weighted by atomic mass is 35.5. The quantitative estimate of drug-likeness (QED) is 0.430. The van der Waals surface area contributed by atoms with E-state index in [2.05, 4.69) is 15.5 Å². The summed E-state index contributed by atoms with van der Waals surface area (Å²) in [6.45, 7) is 2.55. The SMILES string of the molecule is Cc1cccc(N2CC(c3nnc(NC(=O)c4sc5ccccc5c4Cl)s3)CC2=O)c1. The van der Waals surface area contributed by atoms with E-state index < -0.39 is 0 Å². The zero-order valence-corrected chi connectivity index (χ0v) is 18.9. The largest absolute Gasteiger partial charge is 0.312 e. The van der Waals surface area contributed by atoms with E-state index in [0.29, 0.717) is 28.0 Å². The first-order valence-corrected chi connectivity index (χ1v) is 11.7. The molecule has 9 heteroatoms. The molecule has 3 heterocycles. The fraction of sp³-hybridized carbons (Fsp3) is 0.182. The fourth-order valence-corrected chi connectivity index (χ4v) is 5.92. The molecule has 0 saturated carbocycles. The number of aryl methyl sites for hydroxylation is 1. The average Bonchev–Trinajstić information content (AvgIpc) is 3.46.